The molecule has 3 amide bonds. The fourth-order valence-corrected chi connectivity index (χ4v) is 7.40. The molecule has 48 heavy (non-hydrogen) atoms. The van der Waals surface area contributed by atoms with Gasteiger partial charge in [0.15, 0.2) is 5.78 Å². The molecule has 0 bridgehead atoms. The molecule has 0 aromatic rings. The summed E-state index contributed by atoms with van der Waals surface area (Å²) in [5.74, 6) is 0.926. The van der Waals surface area contributed by atoms with Gasteiger partial charge in [-0.05, 0) is 30.2 Å². The quantitative estimate of drug-likeness (QED) is 0.0274. The number of rotatable bonds is 25. The van der Waals surface area contributed by atoms with E-state index in [4.69, 9.17) is 24.5 Å². The Bertz CT molecular complexity index is 1160. The number of carbonyl (C=O) groups excluding carboxylic acids is 3. The molecule has 270 valence electrons. The number of ketones is 1. The maximum atomic E-state index is 12.8. The van der Waals surface area contributed by atoms with E-state index in [1.807, 2.05) is 25.6 Å². The molecule has 2 aliphatic heterocycles. The highest BCUT2D eigenvalue weighted by Gasteiger charge is 2.42. The molecule has 3 rings (SSSR count). The van der Waals surface area contributed by atoms with Crippen LogP contribution in [0.5, 0.6) is 0 Å². The van der Waals surface area contributed by atoms with Gasteiger partial charge < -0.3 is 40.0 Å². The van der Waals surface area contributed by atoms with Gasteiger partial charge in [-0.25, -0.2) is 4.79 Å². The molecule has 2 heterocycles. The molecule has 2 fully saturated rings. The van der Waals surface area contributed by atoms with Crippen LogP contribution in [0.2, 0.25) is 0 Å². The number of amides is 3. The average molecular weight is 696 g/mol. The SMILES string of the molecule is CC1(C)CC(=O)C(C(CCOCCOCCOCCOCCNC(=O)CCCC[C@H]2SC[C@H]3NC(=O)N[C@H]32)=NCCCN=[N+]=[N-])=C(O)C1. The number of fused-ring (bicyclic) bond motifs is 1. The Morgan fingerprint density at radius 2 is 1.65 bits per heavy atom. The van der Waals surface area contributed by atoms with Crippen molar-refractivity contribution in [2.75, 3.05) is 78.2 Å². The monoisotopic (exact) mass is 695 g/mol. The Balaban J connectivity index is 1.13. The molecule has 16 heteroatoms. The fourth-order valence-electron chi connectivity index (χ4n) is 5.85. The first-order valence-corrected chi connectivity index (χ1v) is 18.0. The van der Waals surface area contributed by atoms with Gasteiger partial charge in [-0.15, -0.1) is 0 Å². The molecule has 0 aromatic heterocycles. The number of hydrogen-bond donors (Lipinski definition) is 4. The van der Waals surface area contributed by atoms with Gasteiger partial charge in [-0.3, -0.25) is 14.6 Å². The summed E-state index contributed by atoms with van der Waals surface area (Å²) in [5, 5.41) is 23.4. The van der Waals surface area contributed by atoms with Crippen molar-refractivity contribution in [1.29, 1.82) is 0 Å². The number of allylic oxidation sites excluding steroid dienone is 2. The highest BCUT2D eigenvalue weighted by atomic mass is 32.2. The highest BCUT2D eigenvalue weighted by molar-refractivity contribution is 8.00. The van der Waals surface area contributed by atoms with Crippen molar-refractivity contribution in [1.82, 2.24) is 16.0 Å². The summed E-state index contributed by atoms with van der Waals surface area (Å²) in [5.41, 5.74) is 8.97. The number of unbranched alkanes of at least 4 members (excludes halogenated alkanes) is 1. The Hall–Kier alpha value is -2.88. The number of aliphatic imine (C=N–C) groups is 1. The molecule has 3 aliphatic rings. The number of aliphatic hydroxyl groups excluding tert-OH is 1. The molecule has 4 N–H and O–H groups in total. The van der Waals surface area contributed by atoms with Crippen LogP contribution >= 0.6 is 11.8 Å². The van der Waals surface area contributed by atoms with Crippen LogP contribution in [0.3, 0.4) is 0 Å². The van der Waals surface area contributed by atoms with Crippen LogP contribution in [-0.4, -0.2) is 124 Å². The van der Waals surface area contributed by atoms with Crippen LogP contribution < -0.4 is 16.0 Å². The summed E-state index contributed by atoms with van der Waals surface area (Å²) in [6.07, 6.45) is 4.96. The lowest BCUT2D eigenvalue weighted by Crippen LogP contribution is -2.36. The van der Waals surface area contributed by atoms with E-state index in [2.05, 4.69) is 31.0 Å². The van der Waals surface area contributed by atoms with Crippen molar-refractivity contribution >= 4 is 35.2 Å². The number of urea groups is 1. The van der Waals surface area contributed by atoms with Crippen LogP contribution in [0.4, 0.5) is 4.79 Å². The summed E-state index contributed by atoms with van der Waals surface area (Å²) < 4.78 is 22.3. The van der Waals surface area contributed by atoms with Crippen molar-refractivity contribution in [3.63, 3.8) is 0 Å². The fraction of sp³-hybridized carbons (Fsp3) is 0.812. The third-order valence-electron chi connectivity index (χ3n) is 8.17. The van der Waals surface area contributed by atoms with Crippen LogP contribution in [0.25, 0.3) is 10.4 Å². The third kappa shape index (κ3) is 14.7. The molecular weight excluding hydrogens is 642 g/mol. The lowest BCUT2D eigenvalue weighted by Gasteiger charge is -2.30. The van der Waals surface area contributed by atoms with E-state index in [0.29, 0.717) is 121 Å². The molecular formula is C32H53N7O8S. The van der Waals surface area contributed by atoms with E-state index in [0.717, 1.165) is 25.0 Å². The number of thioether (sulfide) groups is 1. The van der Waals surface area contributed by atoms with Gasteiger partial charge >= 0.3 is 6.03 Å². The van der Waals surface area contributed by atoms with Crippen molar-refractivity contribution in [2.24, 2.45) is 15.5 Å². The van der Waals surface area contributed by atoms with Gasteiger partial charge in [0, 0.05) is 61.2 Å². The lowest BCUT2D eigenvalue weighted by molar-refractivity contribution is -0.121. The molecule has 1 aliphatic carbocycles. The summed E-state index contributed by atoms with van der Waals surface area (Å²) >= 11 is 1.89. The Kier molecular flexibility index (Phi) is 18.1. The number of aliphatic hydroxyl groups is 1. The number of ether oxygens (including phenoxy) is 4. The maximum Gasteiger partial charge on any atom is 0.315 e. The number of nitrogens with zero attached hydrogens (tertiary/aromatic N) is 4. The minimum atomic E-state index is -0.294. The Morgan fingerprint density at radius 3 is 2.33 bits per heavy atom. The van der Waals surface area contributed by atoms with E-state index in [9.17, 15) is 19.5 Å². The zero-order valence-corrected chi connectivity index (χ0v) is 29.2. The average Bonchev–Trinajstić information content (AvgIpc) is 3.58. The molecule has 3 atom stereocenters. The van der Waals surface area contributed by atoms with Crippen molar-refractivity contribution < 1.29 is 38.4 Å². The van der Waals surface area contributed by atoms with Gasteiger partial charge in [0.1, 0.15) is 5.76 Å². The molecule has 2 saturated heterocycles. The number of nitrogens with one attached hydrogen (secondary N) is 3. The number of hydrogen-bond acceptors (Lipinski definition) is 11. The van der Waals surface area contributed by atoms with Crippen LogP contribution in [0, 0.1) is 5.41 Å². The van der Waals surface area contributed by atoms with Crippen LogP contribution in [0.1, 0.15) is 65.2 Å². The van der Waals surface area contributed by atoms with Gasteiger partial charge in [0.2, 0.25) is 5.91 Å². The minimum absolute atomic E-state index is 0.0244. The zero-order chi connectivity index (χ0) is 34.6. The van der Waals surface area contributed by atoms with E-state index >= 15 is 0 Å². The molecule has 0 radical (unpaired) electrons. The smallest absolute Gasteiger partial charge is 0.315 e. The van der Waals surface area contributed by atoms with E-state index < -0.39 is 0 Å². The van der Waals surface area contributed by atoms with Gasteiger partial charge in [-0.2, -0.15) is 11.8 Å². The summed E-state index contributed by atoms with van der Waals surface area (Å²) in [6, 6.07) is 0.374. The van der Waals surface area contributed by atoms with Crippen LogP contribution in [-0.2, 0) is 28.5 Å². The summed E-state index contributed by atoms with van der Waals surface area (Å²) in [6.45, 7) is 8.23. The topological polar surface area (TPSA) is 206 Å². The van der Waals surface area contributed by atoms with Gasteiger partial charge in [-0.1, -0.05) is 25.4 Å². The lowest BCUT2D eigenvalue weighted by atomic mass is 9.75. The van der Waals surface area contributed by atoms with E-state index in [-0.39, 0.29) is 41.0 Å². The molecule has 0 saturated carbocycles. The Labute approximate surface area is 287 Å². The predicted octanol–water partition coefficient (Wildman–Crippen LogP) is 3.63. The maximum absolute atomic E-state index is 12.8. The molecule has 15 nitrogen and oxygen atoms in total. The first-order chi connectivity index (χ1) is 23.2. The number of Topliss-reactive ketones (excluding diaryl/α,β-unsaturated/α-hetero) is 1. The first kappa shape index (κ1) is 39.6. The van der Waals surface area contributed by atoms with Gasteiger partial charge in [0.25, 0.3) is 0 Å². The highest BCUT2D eigenvalue weighted by Crippen LogP contribution is 2.36. The zero-order valence-electron chi connectivity index (χ0n) is 28.4. The molecule has 0 unspecified atom stereocenters. The second kappa shape index (κ2) is 22.0. The second-order valence-electron chi connectivity index (χ2n) is 12.8. The standard InChI is InChI=1S/C32H53N7O8S/c1-32(2)20-25(40)29(26(41)21-32)23(34-9-5-10-36-39-33)8-12-44-14-16-46-18-19-47-17-15-45-13-11-35-28(42)7-4-3-6-27-30-24(22-48-27)37-31(43)38-30/h24,27,30,40H,3-22H2,1-2H3,(H,35,42)(H2,37,38,43)/t24-,27-,30-/m1/s1. The van der Waals surface area contributed by atoms with E-state index in [1.165, 1.54) is 0 Å². The molecule has 0 aromatic carbocycles. The predicted molar refractivity (Wildman–Crippen MR) is 183 cm³/mol. The third-order valence-corrected chi connectivity index (χ3v) is 9.68. The van der Waals surface area contributed by atoms with Crippen LogP contribution in [0.15, 0.2) is 21.4 Å². The first-order valence-electron chi connectivity index (χ1n) is 17.0. The largest absolute Gasteiger partial charge is 0.511 e. The summed E-state index contributed by atoms with van der Waals surface area (Å²) in [7, 11) is 0. The number of azide groups is 1. The second-order valence-corrected chi connectivity index (χ2v) is 14.1. The normalized spacial score (nSPS) is 21.9. The molecule has 0 spiro atoms. The van der Waals surface area contributed by atoms with Crippen molar-refractivity contribution in [2.45, 2.75) is 82.5 Å². The van der Waals surface area contributed by atoms with Crippen molar-refractivity contribution in [3.05, 3.63) is 21.8 Å². The van der Waals surface area contributed by atoms with E-state index in [1.54, 1.807) is 0 Å². The minimum Gasteiger partial charge on any atom is -0.511 e. The van der Waals surface area contributed by atoms with Crippen molar-refractivity contribution in [3.8, 4) is 0 Å². The summed E-state index contributed by atoms with van der Waals surface area (Å²) in [4.78, 5) is 43.6. The van der Waals surface area contributed by atoms with Gasteiger partial charge in [0.05, 0.1) is 76.2 Å². The Morgan fingerprint density at radius 1 is 0.958 bits per heavy atom. The number of carbonyl (C=O) groups is 3.